The van der Waals surface area contributed by atoms with Crippen molar-refractivity contribution in [2.45, 2.75) is 10.1 Å². The third-order valence-corrected chi connectivity index (χ3v) is 6.03. The van der Waals surface area contributed by atoms with E-state index in [0.29, 0.717) is 16.9 Å². The summed E-state index contributed by atoms with van der Waals surface area (Å²) < 4.78 is 13.1. The third-order valence-electron chi connectivity index (χ3n) is 4.76. The number of amides is 2. The minimum atomic E-state index is -0.473. The molecule has 1 aromatic heterocycles. The number of aromatic nitrogens is 1. The van der Waals surface area contributed by atoms with Crippen LogP contribution < -0.4 is 10.6 Å². The summed E-state index contributed by atoms with van der Waals surface area (Å²) in [6, 6.07) is 25.6. The summed E-state index contributed by atoms with van der Waals surface area (Å²) in [6.45, 7) is 0. The Kier molecular flexibility index (Phi) is 7.12. The van der Waals surface area contributed by atoms with Crippen molar-refractivity contribution in [3.05, 3.63) is 120 Å². The number of rotatable bonds is 7. The Hall–Kier alpha value is -3.97. The maximum Gasteiger partial charge on any atom is 0.255 e. The summed E-state index contributed by atoms with van der Waals surface area (Å²) in [5, 5.41) is 5.25. The molecule has 0 spiro atoms. The minimum Gasteiger partial charge on any atom is -0.325 e. The van der Waals surface area contributed by atoms with Crippen LogP contribution in [0.3, 0.4) is 0 Å². The molecule has 33 heavy (non-hydrogen) atoms. The Morgan fingerprint density at radius 1 is 0.758 bits per heavy atom. The molecule has 2 amide bonds. The first-order chi connectivity index (χ1) is 16.1. The molecule has 0 aliphatic heterocycles. The topological polar surface area (TPSA) is 71.1 Å². The standard InChI is InChI=1S/C26H20FN3O2S/c27-20-8-6-19(7-9-20)25(31)29-21-10-12-23(13-11-21)33-24(18-4-2-1-3-5-18)26(32)30-22-14-16-28-17-15-22/h1-17,24H,(H,29,31)(H,28,30,32). The van der Waals surface area contributed by atoms with Gasteiger partial charge in [0.05, 0.1) is 0 Å². The Balaban J connectivity index is 1.47. The van der Waals surface area contributed by atoms with Crippen molar-refractivity contribution >= 4 is 35.0 Å². The molecule has 1 atom stereocenters. The largest absolute Gasteiger partial charge is 0.325 e. The highest BCUT2D eigenvalue weighted by molar-refractivity contribution is 8.00. The number of pyridine rings is 1. The first kappa shape index (κ1) is 22.2. The molecular formula is C26H20FN3O2S. The average molecular weight is 458 g/mol. The molecule has 4 rings (SSSR count). The number of thioether (sulfide) groups is 1. The monoisotopic (exact) mass is 457 g/mol. The first-order valence-corrected chi connectivity index (χ1v) is 11.1. The molecular weight excluding hydrogens is 437 g/mol. The van der Waals surface area contributed by atoms with Crippen LogP contribution in [-0.4, -0.2) is 16.8 Å². The number of hydrogen-bond donors (Lipinski definition) is 2. The fourth-order valence-electron chi connectivity index (χ4n) is 3.10. The van der Waals surface area contributed by atoms with E-state index in [-0.39, 0.29) is 11.8 Å². The number of benzene rings is 3. The number of nitrogens with one attached hydrogen (secondary N) is 2. The van der Waals surface area contributed by atoms with Gasteiger partial charge in [0.2, 0.25) is 5.91 Å². The van der Waals surface area contributed by atoms with Crippen molar-refractivity contribution in [1.82, 2.24) is 4.98 Å². The van der Waals surface area contributed by atoms with Gasteiger partial charge in [-0.3, -0.25) is 14.6 Å². The van der Waals surface area contributed by atoms with Gasteiger partial charge in [0.1, 0.15) is 11.1 Å². The molecule has 1 heterocycles. The van der Waals surface area contributed by atoms with Gasteiger partial charge in [-0.05, 0) is 66.2 Å². The van der Waals surface area contributed by atoms with Crippen molar-refractivity contribution in [2.24, 2.45) is 0 Å². The summed E-state index contributed by atoms with van der Waals surface area (Å²) in [7, 11) is 0. The quantitative estimate of drug-likeness (QED) is 0.337. The van der Waals surface area contributed by atoms with Crippen LogP contribution in [0, 0.1) is 5.82 Å². The second-order valence-electron chi connectivity index (χ2n) is 7.12. The maximum atomic E-state index is 13.1. The number of carbonyl (C=O) groups is 2. The van der Waals surface area contributed by atoms with Crippen molar-refractivity contribution in [2.75, 3.05) is 10.6 Å². The molecule has 0 fully saturated rings. The molecule has 0 aliphatic carbocycles. The molecule has 7 heteroatoms. The molecule has 0 saturated carbocycles. The van der Waals surface area contributed by atoms with Gasteiger partial charge in [-0.25, -0.2) is 4.39 Å². The Morgan fingerprint density at radius 2 is 1.39 bits per heavy atom. The number of anilines is 2. The van der Waals surface area contributed by atoms with Gasteiger partial charge in [-0.2, -0.15) is 0 Å². The van der Waals surface area contributed by atoms with Crippen molar-refractivity contribution < 1.29 is 14.0 Å². The molecule has 3 aromatic carbocycles. The molecule has 4 aromatic rings. The van der Waals surface area contributed by atoms with Crippen LogP contribution in [0.4, 0.5) is 15.8 Å². The predicted octanol–water partition coefficient (Wildman–Crippen LogP) is 5.95. The van der Waals surface area contributed by atoms with Crippen LogP contribution in [0.2, 0.25) is 0 Å². The van der Waals surface area contributed by atoms with Crippen LogP contribution in [-0.2, 0) is 4.79 Å². The lowest BCUT2D eigenvalue weighted by atomic mass is 10.1. The van der Waals surface area contributed by atoms with E-state index in [0.717, 1.165) is 10.5 Å². The van der Waals surface area contributed by atoms with Gasteiger partial charge >= 0.3 is 0 Å². The minimum absolute atomic E-state index is 0.147. The van der Waals surface area contributed by atoms with E-state index in [1.165, 1.54) is 36.0 Å². The summed E-state index contributed by atoms with van der Waals surface area (Å²) in [5.41, 5.74) is 2.52. The molecule has 0 radical (unpaired) electrons. The molecule has 1 unspecified atom stereocenters. The summed E-state index contributed by atoms with van der Waals surface area (Å²) in [6.07, 6.45) is 3.25. The molecule has 0 bridgehead atoms. The van der Waals surface area contributed by atoms with Crippen LogP contribution in [0.15, 0.2) is 108 Å². The number of hydrogen-bond acceptors (Lipinski definition) is 4. The van der Waals surface area contributed by atoms with Crippen LogP contribution >= 0.6 is 11.8 Å². The van der Waals surface area contributed by atoms with Crippen molar-refractivity contribution in [3.8, 4) is 0 Å². The van der Waals surface area contributed by atoms with E-state index < -0.39 is 11.1 Å². The van der Waals surface area contributed by atoms with Gasteiger partial charge in [0.15, 0.2) is 0 Å². The molecule has 0 saturated heterocycles. The average Bonchev–Trinajstić information content (AvgIpc) is 2.85. The summed E-state index contributed by atoms with van der Waals surface area (Å²) >= 11 is 1.41. The van der Waals surface area contributed by atoms with Gasteiger partial charge in [0.25, 0.3) is 5.91 Å². The van der Waals surface area contributed by atoms with Gasteiger partial charge in [-0.15, -0.1) is 11.8 Å². The van der Waals surface area contributed by atoms with E-state index in [1.54, 1.807) is 36.7 Å². The van der Waals surface area contributed by atoms with E-state index in [9.17, 15) is 14.0 Å². The van der Waals surface area contributed by atoms with E-state index in [4.69, 9.17) is 0 Å². The summed E-state index contributed by atoms with van der Waals surface area (Å²) in [5.74, 6) is -0.866. The SMILES string of the molecule is O=C(Nc1ccc(SC(C(=O)Nc2ccncc2)c2ccccc2)cc1)c1ccc(F)cc1. The maximum absolute atomic E-state index is 13.1. The smallest absolute Gasteiger partial charge is 0.255 e. The highest BCUT2D eigenvalue weighted by Crippen LogP contribution is 2.36. The highest BCUT2D eigenvalue weighted by Gasteiger charge is 2.22. The Morgan fingerprint density at radius 3 is 2.06 bits per heavy atom. The van der Waals surface area contributed by atoms with Gasteiger partial charge in [0, 0.05) is 34.2 Å². The summed E-state index contributed by atoms with van der Waals surface area (Å²) in [4.78, 5) is 30.3. The van der Waals surface area contributed by atoms with Gasteiger partial charge < -0.3 is 10.6 Å². The van der Waals surface area contributed by atoms with Crippen LogP contribution in [0.1, 0.15) is 21.2 Å². The molecule has 5 nitrogen and oxygen atoms in total. The number of carbonyl (C=O) groups excluding carboxylic acids is 2. The zero-order chi connectivity index (χ0) is 23.0. The molecule has 164 valence electrons. The lowest BCUT2D eigenvalue weighted by Gasteiger charge is -2.17. The van der Waals surface area contributed by atoms with Crippen molar-refractivity contribution in [3.63, 3.8) is 0 Å². The molecule has 2 N–H and O–H groups in total. The van der Waals surface area contributed by atoms with E-state index >= 15 is 0 Å². The predicted molar refractivity (Wildman–Crippen MR) is 129 cm³/mol. The van der Waals surface area contributed by atoms with Gasteiger partial charge in [-0.1, -0.05) is 30.3 Å². The van der Waals surface area contributed by atoms with E-state index in [1.807, 2.05) is 42.5 Å². The van der Waals surface area contributed by atoms with Crippen molar-refractivity contribution in [1.29, 1.82) is 0 Å². The fourth-order valence-corrected chi connectivity index (χ4v) is 4.13. The lowest BCUT2D eigenvalue weighted by Crippen LogP contribution is -2.19. The van der Waals surface area contributed by atoms with Crippen LogP contribution in [0.25, 0.3) is 0 Å². The highest BCUT2D eigenvalue weighted by atomic mass is 32.2. The van der Waals surface area contributed by atoms with Crippen LogP contribution in [0.5, 0.6) is 0 Å². The Labute approximate surface area is 195 Å². The third kappa shape index (κ3) is 6.05. The number of nitrogens with zero attached hydrogens (tertiary/aromatic N) is 1. The molecule has 0 aliphatic rings. The fraction of sp³-hybridized carbons (Fsp3) is 0.0385. The zero-order valence-corrected chi connectivity index (χ0v) is 18.3. The zero-order valence-electron chi connectivity index (χ0n) is 17.4. The van der Waals surface area contributed by atoms with E-state index in [2.05, 4.69) is 15.6 Å². The first-order valence-electron chi connectivity index (χ1n) is 10.2. The second-order valence-corrected chi connectivity index (χ2v) is 8.30. The lowest BCUT2D eigenvalue weighted by molar-refractivity contribution is -0.115. The Bertz CT molecular complexity index is 1220. The number of halogens is 1. The normalized spacial score (nSPS) is 11.4. The second kappa shape index (κ2) is 10.6.